The van der Waals surface area contributed by atoms with Crippen molar-refractivity contribution in [1.29, 1.82) is 0 Å². The van der Waals surface area contributed by atoms with Crippen molar-refractivity contribution in [3.63, 3.8) is 0 Å². The van der Waals surface area contributed by atoms with E-state index in [1.54, 1.807) is 29.2 Å². The van der Waals surface area contributed by atoms with Crippen LogP contribution in [0.4, 0.5) is 23.7 Å². The van der Waals surface area contributed by atoms with E-state index in [1.165, 1.54) is 12.1 Å². The van der Waals surface area contributed by atoms with E-state index in [0.717, 1.165) is 17.7 Å². The molecule has 0 aliphatic heterocycles. The number of urea groups is 1. The number of benzene rings is 2. The molecule has 0 bridgehead atoms. The van der Waals surface area contributed by atoms with E-state index in [1.807, 2.05) is 13.8 Å². The Kier molecular flexibility index (Phi) is 7.82. The Labute approximate surface area is 173 Å². The summed E-state index contributed by atoms with van der Waals surface area (Å²) in [6.45, 7) is 4.88. The third-order valence-corrected chi connectivity index (χ3v) is 4.64. The SMILES string of the molecule is CCN(CC)[C@@H](C(=O)NCc1ccc(NC(N)=O)cc1)c1cccc(C(F)(F)F)c1. The second-order valence-corrected chi connectivity index (χ2v) is 6.65. The van der Waals surface area contributed by atoms with Crippen LogP contribution in [0.25, 0.3) is 0 Å². The van der Waals surface area contributed by atoms with Gasteiger partial charge < -0.3 is 16.4 Å². The van der Waals surface area contributed by atoms with Gasteiger partial charge in [0.2, 0.25) is 5.91 Å². The number of hydrogen-bond donors (Lipinski definition) is 3. The van der Waals surface area contributed by atoms with Gasteiger partial charge in [-0.15, -0.1) is 0 Å². The number of amides is 3. The minimum absolute atomic E-state index is 0.187. The zero-order chi connectivity index (χ0) is 22.3. The van der Waals surface area contributed by atoms with Crippen LogP contribution in [-0.4, -0.2) is 29.9 Å². The summed E-state index contributed by atoms with van der Waals surface area (Å²) < 4.78 is 39.4. The predicted molar refractivity (Wildman–Crippen MR) is 109 cm³/mol. The molecule has 0 aliphatic carbocycles. The summed E-state index contributed by atoms with van der Waals surface area (Å²) in [5.74, 6) is -0.391. The zero-order valence-corrected chi connectivity index (χ0v) is 16.8. The molecule has 0 aliphatic rings. The number of nitrogens with two attached hydrogens (primary N) is 1. The molecule has 0 saturated heterocycles. The smallest absolute Gasteiger partial charge is 0.351 e. The van der Waals surface area contributed by atoms with Crippen molar-refractivity contribution in [3.05, 3.63) is 65.2 Å². The Hall–Kier alpha value is -3.07. The Morgan fingerprint density at radius 2 is 1.70 bits per heavy atom. The number of likely N-dealkylation sites (N-methyl/N-ethyl adjacent to an activating group) is 1. The van der Waals surface area contributed by atoms with Crippen LogP contribution in [0.15, 0.2) is 48.5 Å². The molecule has 0 saturated carbocycles. The van der Waals surface area contributed by atoms with Crippen molar-refractivity contribution in [3.8, 4) is 0 Å². The van der Waals surface area contributed by atoms with E-state index >= 15 is 0 Å². The second kappa shape index (κ2) is 10.1. The Morgan fingerprint density at radius 1 is 1.07 bits per heavy atom. The molecule has 1 atom stereocenters. The summed E-state index contributed by atoms with van der Waals surface area (Å²) >= 11 is 0. The molecule has 3 amide bonds. The van der Waals surface area contributed by atoms with Gasteiger partial charge in [0, 0.05) is 12.2 Å². The fraction of sp³-hybridized carbons (Fsp3) is 0.333. The van der Waals surface area contributed by atoms with E-state index < -0.39 is 29.7 Å². The first kappa shape index (κ1) is 23.2. The van der Waals surface area contributed by atoms with E-state index in [2.05, 4.69) is 10.6 Å². The molecule has 4 N–H and O–H groups in total. The highest BCUT2D eigenvalue weighted by Crippen LogP contribution is 2.32. The lowest BCUT2D eigenvalue weighted by Crippen LogP contribution is -2.40. The van der Waals surface area contributed by atoms with Crippen LogP contribution < -0.4 is 16.4 Å². The normalized spacial score (nSPS) is 12.5. The number of nitrogens with one attached hydrogen (secondary N) is 2. The molecule has 0 aromatic heterocycles. The van der Waals surface area contributed by atoms with E-state index in [-0.39, 0.29) is 12.1 Å². The lowest BCUT2D eigenvalue weighted by atomic mass is 10.0. The third-order valence-electron chi connectivity index (χ3n) is 4.64. The number of nitrogens with zero attached hydrogens (tertiary/aromatic N) is 1. The minimum atomic E-state index is -4.49. The van der Waals surface area contributed by atoms with Gasteiger partial charge in [-0.2, -0.15) is 13.2 Å². The average Bonchev–Trinajstić information content (AvgIpc) is 2.70. The molecule has 0 spiro atoms. The molecule has 2 rings (SSSR count). The number of hydrogen-bond acceptors (Lipinski definition) is 3. The lowest BCUT2D eigenvalue weighted by Gasteiger charge is -2.29. The van der Waals surface area contributed by atoms with Crippen LogP contribution >= 0.6 is 0 Å². The van der Waals surface area contributed by atoms with Gasteiger partial charge in [-0.1, -0.05) is 38.1 Å². The van der Waals surface area contributed by atoms with Gasteiger partial charge in [0.25, 0.3) is 0 Å². The molecule has 0 unspecified atom stereocenters. The van der Waals surface area contributed by atoms with Gasteiger partial charge in [-0.05, 0) is 48.5 Å². The first-order valence-electron chi connectivity index (χ1n) is 9.50. The van der Waals surface area contributed by atoms with Crippen molar-refractivity contribution < 1.29 is 22.8 Å². The third kappa shape index (κ3) is 6.21. The number of primary amides is 1. The quantitative estimate of drug-likeness (QED) is 0.603. The molecule has 0 fully saturated rings. The van der Waals surface area contributed by atoms with Gasteiger partial charge in [-0.25, -0.2) is 4.79 Å². The summed E-state index contributed by atoms with van der Waals surface area (Å²) in [7, 11) is 0. The first-order valence-corrected chi connectivity index (χ1v) is 9.50. The van der Waals surface area contributed by atoms with Crippen LogP contribution in [0.5, 0.6) is 0 Å². The monoisotopic (exact) mass is 422 g/mol. The summed E-state index contributed by atoms with van der Waals surface area (Å²) in [6, 6.07) is 10.0. The van der Waals surface area contributed by atoms with E-state index in [9.17, 15) is 22.8 Å². The van der Waals surface area contributed by atoms with Crippen molar-refractivity contribution >= 4 is 17.6 Å². The fourth-order valence-corrected chi connectivity index (χ4v) is 3.14. The molecular weight excluding hydrogens is 397 g/mol. The number of carbonyl (C=O) groups is 2. The Bertz CT molecular complexity index is 865. The van der Waals surface area contributed by atoms with Gasteiger partial charge in [0.1, 0.15) is 6.04 Å². The molecule has 0 heterocycles. The van der Waals surface area contributed by atoms with Crippen molar-refractivity contribution in [2.24, 2.45) is 5.73 Å². The number of anilines is 1. The Morgan fingerprint density at radius 3 is 2.23 bits per heavy atom. The first-order chi connectivity index (χ1) is 14.2. The van der Waals surface area contributed by atoms with Crippen LogP contribution in [0.1, 0.15) is 36.6 Å². The van der Waals surface area contributed by atoms with E-state index in [4.69, 9.17) is 5.73 Å². The lowest BCUT2D eigenvalue weighted by molar-refractivity contribution is -0.138. The number of carbonyl (C=O) groups excluding carboxylic acids is 2. The summed E-state index contributed by atoms with van der Waals surface area (Å²) in [6.07, 6.45) is -4.49. The Balaban J connectivity index is 2.19. The molecule has 6 nitrogen and oxygen atoms in total. The maximum atomic E-state index is 13.1. The molecule has 162 valence electrons. The second-order valence-electron chi connectivity index (χ2n) is 6.65. The highest BCUT2D eigenvalue weighted by molar-refractivity contribution is 5.87. The maximum absolute atomic E-state index is 13.1. The van der Waals surface area contributed by atoms with Crippen LogP contribution in [0.2, 0.25) is 0 Å². The number of halogens is 3. The molecule has 2 aromatic rings. The van der Waals surface area contributed by atoms with Gasteiger partial charge in [0.05, 0.1) is 5.56 Å². The number of alkyl halides is 3. The van der Waals surface area contributed by atoms with Gasteiger partial charge >= 0.3 is 12.2 Å². The minimum Gasteiger partial charge on any atom is -0.351 e. The van der Waals surface area contributed by atoms with Crippen molar-refractivity contribution in [2.45, 2.75) is 32.6 Å². The van der Waals surface area contributed by atoms with Crippen molar-refractivity contribution in [1.82, 2.24) is 10.2 Å². The molecule has 0 radical (unpaired) electrons. The largest absolute Gasteiger partial charge is 0.416 e. The standard InChI is InChI=1S/C21H25F3N4O2/c1-3-28(4-2)18(15-6-5-7-16(12-15)21(22,23)24)19(29)26-13-14-8-10-17(11-9-14)27-20(25)30/h5-12,18H,3-4,13H2,1-2H3,(H,26,29)(H3,25,27,30)/t18-/m1/s1. The van der Waals surface area contributed by atoms with Crippen molar-refractivity contribution in [2.75, 3.05) is 18.4 Å². The molecular formula is C21H25F3N4O2. The van der Waals surface area contributed by atoms with Crippen LogP contribution in [0, 0.1) is 0 Å². The summed E-state index contributed by atoms with van der Waals surface area (Å²) in [5.41, 5.74) is 5.84. The predicted octanol–water partition coefficient (Wildman–Crippen LogP) is 3.90. The molecule has 9 heteroatoms. The molecule has 2 aromatic carbocycles. The topological polar surface area (TPSA) is 87.5 Å². The summed E-state index contributed by atoms with van der Waals surface area (Å²) in [5, 5.41) is 5.23. The number of rotatable bonds is 8. The maximum Gasteiger partial charge on any atom is 0.416 e. The van der Waals surface area contributed by atoms with Gasteiger partial charge in [-0.3, -0.25) is 9.69 Å². The molecule has 30 heavy (non-hydrogen) atoms. The highest BCUT2D eigenvalue weighted by Gasteiger charge is 2.33. The van der Waals surface area contributed by atoms with Gasteiger partial charge in [0.15, 0.2) is 0 Å². The van der Waals surface area contributed by atoms with Crippen LogP contribution in [0.3, 0.4) is 0 Å². The summed E-state index contributed by atoms with van der Waals surface area (Å²) in [4.78, 5) is 25.6. The fourth-order valence-electron chi connectivity index (χ4n) is 3.14. The van der Waals surface area contributed by atoms with Crippen LogP contribution in [-0.2, 0) is 17.5 Å². The van der Waals surface area contributed by atoms with E-state index in [0.29, 0.717) is 18.8 Å². The zero-order valence-electron chi connectivity index (χ0n) is 16.8. The average molecular weight is 422 g/mol. The highest BCUT2D eigenvalue weighted by atomic mass is 19.4.